The maximum Gasteiger partial charge on any atom is 0.243 e. The van der Waals surface area contributed by atoms with E-state index >= 15 is 0 Å². The molecule has 0 saturated heterocycles. The van der Waals surface area contributed by atoms with Crippen molar-refractivity contribution in [3.05, 3.63) is 29.8 Å². The van der Waals surface area contributed by atoms with Crippen molar-refractivity contribution in [3.63, 3.8) is 0 Å². The molecule has 108 valence electrons. The van der Waals surface area contributed by atoms with Gasteiger partial charge in [0.2, 0.25) is 10.0 Å². The van der Waals surface area contributed by atoms with Gasteiger partial charge in [0.15, 0.2) is 0 Å². The molecule has 0 aliphatic heterocycles. The minimum atomic E-state index is -3.40. The first kappa shape index (κ1) is 16.1. The molecular formula is C14H24N2O2S. The van der Waals surface area contributed by atoms with Crippen LogP contribution in [0.3, 0.4) is 0 Å². The smallest absolute Gasteiger partial charge is 0.243 e. The molecule has 0 aliphatic rings. The van der Waals surface area contributed by atoms with Crippen LogP contribution in [-0.4, -0.2) is 33.4 Å². The average Bonchev–Trinajstić information content (AvgIpc) is 2.39. The molecule has 0 aliphatic carbocycles. The summed E-state index contributed by atoms with van der Waals surface area (Å²) in [6.07, 6.45) is 0.970. The number of nitrogens with one attached hydrogen (secondary N) is 1. The normalized spacial score (nSPS) is 13.7. The van der Waals surface area contributed by atoms with E-state index < -0.39 is 10.0 Å². The molecule has 1 aromatic rings. The largest absolute Gasteiger partial charge is 0.316 e. The Balaban J connectivity index is 3.06. The van der Waals surface area contributed by atoms with Crippen molar-refractivity contribution < 1.29 is 8.42 Å². The minimum Gasteiger partial charge on any atom is -0.316 e. The molecule has 1 atom stereocenters. The zero-order chi connectivity index (χ0) is 14.5. The fraction of sp³-hybridized carbons (Fsp3) is 0.571. The van der Waals surface area contributed by atoms with Crippen LogP contribution < -0.4 is 5.32 Å². The van der Waals surface area contributed by atoms with Gasteiger partial charge in [-0.2, -0.15) is 0 Å². The second kappa shape index (κ2) is 7.03. The molecule has 1 aromatic carbocycles. The van der Waals surface area contributed by atoms with Gasteiger partial charge in [0.05, 0.1) is 4.90 Å². The molecule has 1 unspecified atom stereocenters. The Hall–Kier alpha value is -0.910. The van der Waals surface area contributed by atoms with E-state index in [9.17, 15) is 8.42 Å². The van der Waals surface area contributed by atoms with Crippen LogP contribution in [0, 0.1) is 5.92 Å². The molecule has 0 spiro atoms. The van der Waals surface area contributed by atoms with Crippen LogP contribution in [0.25, 0.3) is 0 Å². The molecule has 1 rings (SSSR count). The standard InChI is InChI=1S/C14H24N2O2S/c1-5-12(2)11-16(4)19(17,18)14-9-7-6-8-13(14)10-15-3/h6-9,12,15H,5,10-11H2,1-4H3. The number of benzene rings is 1. The molecule has 0 aromatic heterocycles. The predicted octanol–water partition coefficient (Wildman–Crippen LogP) is 2.07. The van der Waals surface area contributed by atoms with E-state index in [1.807, 2.05) is 19.2 Å². The Morgan fingerprint density at radius 2 is 1.95 bits per heavy atom. The lowest BCUT2D eigenvalue weighted by molar-refractivity contribution is 0.393. The quantitative estimate of drug-likeness (QED) is 0.834. The number of hydrogen-bond donors (Lipinski definition) is 1. The van der Waals surface area contributed by atoms with Gasteiger partial charge in [0.25, 0.3) is 0 Å². The second-order valence-electron chi connectivity index (χ2n) is 4.94. The maximum atomic E-state index is 12.6. The van der Waals surface area contributed by atoms with E-state index in [-0.39, 0.29) is 0 Å². The van der Waals surface area contributed by atoms with Crippen molar-refractivity contribution >= 4 is 10.0 Å². The summed E-state index contributed by atoms with van der Waals surface area (Å²) in [5, 5.41) is 3.00. The van der Waals surface area contributed by atoms with E-state index in [1.165, 1.54) is 4.31 Å². The summed E-state index contributed by atoms with van der Waals surface area (Å²) in [6, 6.07) is 7.15. The number of rotatable bonds is 7. The highest BCUT2D eigenvalue weighted by Gasteiger charge is 2.24. The third kappa shape index (κ3) is 4.03. The molecule has 1 N–H and O–H groups in total. The van der Waals surface area contributed by atoms with Crippen molar-refractivity contribution in [1.29, 1.82) is 0 Å². The summed E-state index contributed by atoms with van der Waals surface area (Å²) in [7, 11) is 0.0586. The topological polar surface area (TPSA) is 49.4 Å². The summed E-state index contributed by atoms with van der Waals surface area (Å²) in [5.74, 6) is 0.358. The lowest BCUT2D eigenvalue weighted by atomic mass is 10.1. The molecule has 0 fully saturated rings. The Bertz CT molecular complexity index is 500. The SMILES string of the molecule is CCC(C)CN(C)S(=O)(=O)c1ccccc1CNC. The van der Waals surface area contributed by atoms with Crippen LogP contribution in [0.5, 0.6) is 0 Å². The summed E-state index contributed by atoms with van der Waals surface area (Å²) in [5.41, 5.74) is 0.806. The van der Waals surface area contributed by atoms with Gasteiger partial charge < -0.3 is 5.32 Å². The van der Waals surface area contributed by atoms with Gasteiger partial charge in [-0.1, -0.05) is 38.5 Å². The third-order valence-electron chi connectivity index (χ3n) is 3.29. The average molecular weight is 284 g/mol. The Morgan fingerprint density at radius 1 is 1.32 bits per heavy atom. The highest BCUT2D eigenvalue weighted by atomic mass is 32.2. The summed E-state index contributed by atoms with van der Waals surface area (Å²) >= 11 is 0. The monoisotopic (exact) mass is 284 g/mol. The van der Waals surface area contributed by atoms with Crippen LogP contribution in [0.15, 0.2) is 29.2 Å². The molecule has 0 amide bonds. The predicted molar refractivity (Wildman–Crippen MR) is 78.5 cm³/mol. The van der Waals surface area contributed by atoms with E-state index in [0.29, 0.717) is 23.9 Å². The molecule has 0 radical (unpaired) electrons. The fourth-order valence-electron chi connectivity index (χ4n) is 1.93. The van der Waals surface area contributed by atoms with Gasteiger partial charge >= 0.3 is 0 Å². The fourth-order valence-corrected chi connectivity index (χ4v) is 3.43. The molecule has 4 nitrogen and oxygen atoms in total. The van der Waals surface area contributed by atoms with Crippen LogP contribution in [0.2, 0.25) is 0 Å². The van der Waals surface area contributed by atoms with Crippen molar-refractivity contribution in [2.75, 3.05) is 20.6 Å². The summed E-state index contributed by atoms with van der Waals surface area (Å²) < 4.78 is 26.6. The summed E-state index contributed by atoms with van der Waals surface area (Å²) in [4.78, 5) is 0.398. The van der Waals surface area contributed by atoms with Gasteiger partial charge in [-0.3, -0.25) is 0 Å². The zero-order valence-corrected chi connectivity index (χ0v) is 13.0. The zero-order valence-electron chi connectivity index (χ0n) is 12.2. The van der Waals surface area contributed by atoms with Gasteiger partial charge in [-0.05, 0) is 24.6 Å². The highest BCUT2D eigenvalue weighted by Crippen LogP contribution is 2.20. The lowest BCUT2D eigenvalue weighted by Gasteiger charge is -2.22. The highest BCUT2D eigenvalue weighted by molar-refractivity contribution is 7.89. The van der Waals surface area contributed by atoms with Gasteiger partial charge in [-0.15, -0.1) is 0 Å². The van der Waals surface area contributed by atoms with Gasteiger partial charge in [0.1, 0.15) is 0 Å². The van der Waals surface area contributed by atoms with Gasteiger partial charge in [0, 0.05) is 20.1 Å². The number of hydrogen-bond acceptors (Lipinski definition) is 3. The van der Waals surface area contributed by atoms with Crippen molar-refractivity contribution in [3.8, 4) is 0 Å². The summed E-state index contributed by atoms with van der Waals surface area (Å²) in [6.45, 7) is 5.23. The van der Waals surface area contributed by atoms with Crippen LogP contribution in [0.1, 0.15) is 25.8 Å². The first-order valence-electron chi connectivity index (χ1n) is 6.62. The van der Waals surface area contributed by atoms with Crippen LogP contribution in [-0.2, 0) is 16.6 Å². The van der Waals surface area contributed by atoms with Crippen LogP contribution in [0.4, 0.5) is 0 Å². The lowest BCUT2D eigenvalue weighted by Crippen LogP contribution is -2.32. The molecule has 5 heteroatoms. The Morgan fingerprint density at radius 3 is 2.53 bits per heavy atom. The van der Waals surface area contributed by atoms with E-state index in [1.54, 1.807) is 19.2 Å². The molecule has 0 bridgehead atoms. The van der Waals surface area contributed by atoms with Crippen molar-refractivity contribution in [1.82, 2.24) is 9.62 Å². The molecule has 0 heterocycles. The van der Waals surface area contributed by atoms with Gasteiger partial charge in [-0.25, -0.2) is 12.7 Å². The van der Waals surface area contributed by atoms with E-state index in [4.69, 9.17) is 0 Å². The Kier molecular flexibility index (Phi) is 5.97. The maximum absolute atomic E-state index is 12.6. The first-order chi connectivity index (χ1) is 8.93. The number of nitrogens with zero attached hydrogens (tertiary/aromatic N) is 1. The second-order valence-corrected chi connectivity index (χ2v) is 6.95. The molecular weight excluding hydrogens is 260 g/mol. The van der Waals surface area contributed by atoms with E-state index in [2.05, 4.69) is 19.2 Å². The Labute approximate surface area is 116 Å². The molecule has 19 heavy (non-hydrogen) atoms. The third-order valence-corrected chi connectivity index (χ3v) is 5.22. The van der Waals surface area contributed by atoms with Crippen molar-refractivity contribution in [2.45, 2.75) is 31.7 Å². The van der Waals surface area contributed by atoms with Crippen LogP contribution >= 0.6 is 0 Å². The molecule has 0 saturated carbocycles. The van der Waals surface area contributed by atoms with Crippen molar-refractivity contribution in [2.24, 2.45) is 5.92 Å². The minimum absolute atomic E-state index is 0.358. The first-order valence-corrected chi connectivity index (χ1v) is 8.06. The van der Waals surface area contributed by atoms with E-state index in [0.717, 1.165) is 12.0 Å². The number of sulfonamides is 1.